The van der Waals surface area contributed by atoms with Crippen LogP contribution in [0.5, 0.6) is 0 Å². The Bertz CT molecular complexity index is 1000. The van der Waals surface area contributed by atoms with E-state index in [4.69, 9.17) is 9.47 Å². The lowest BCUT2D eigenvalue weighted by Gasteiger charge is -2.24. The highest BCUT2D eigenvalue weighted by atomic mass is 32.2. The van der Waals surface area contributed by atoms with Crippen LogP contribution in [0, 0.1) is 0 Å². The number of carbonyl (C=O) groups is 3. The van der Waals surface area contributed by atoms with E-state index in [0.717, 1.165) is 22.3 Å². The van der Waals surface area contributed by atoms with Crippen molar-refractivity contribution >= 4 is 29.7 Å². The predicted octanol–water partition coefficient (Wildman–Crippen LogP) is 2.92. The van der Waals surface area contributed by atoms with Crippen molar-refractivity contribution in [1.82, 2.24) is 10.2 Å². The number of fused-ring (bicyclic) bond motifs is 3. The van der Waals surface area contributed by atoms with E-state index in [2.05, 4.69) is 29.6 Å². The molecule has 2 aromatic rings. The summed E-state index contributed by atoms with van der Waals surface area (Å²) in [4.78, 5) is 37.1. The Labute approximate surface area is 196 Å². The summed E-state index contributed by atoms with van der Waals surface area (Å²) in [5, 5.41) is 11.7. The third-order valence-electron chi connectivity index (χ3n) is 5.88. The number of rotatable bonds is 8. The van der Waals surface area contributed by atoms with Gasteiger partial charge in [-0.25, -0.2) is 9.59 Å². The molecule has 33 heavy (non-hydrogen) atoms. The first kappa shape index (κ1) is 23.1. The molecule has 2 N–H and O–H groups in total. The normalized spacial score (nSPS) is 19.1. The van der Waals surface area contributed by atoms with Gasteiger partial charge in [-0.15, -0.1) is 11.8 Å². The number of benzene rings is 2. The summed E-state index contributed by atoms with van der Waals surface area (Å²) in [6.45, 7) is 2.07. The Morgan fingerprint density at radius 2 is 1.73 bits per heavy atom. The molecule has 2 aliphatic rings. The van der Waals surface area contributed by atoms with Gasteiger partial charge in [0.2, 0.25) is 5.91 Å². The van der Waals surface area contributed by atoms with Crippen molar-refractivity contribution < 1.29 is 29.0 Å². The van der Waals surface area contributed by atoms with Crippen LogP contribution >= 0.6 is 11.8 Å². The SMILES string of the molecule is CC1SCC(C(=O)O)N1C(=O)COCCNC(=O)OCC1c2ccccc2-c2ccccc21. The van der Waals surface area contributed by atoms with Crippen molar-refractivity contribution in [2.24, 2.45) is 0 Å². The van der Waals surface area contributed by atoms with E-state index in [0.29, 0.717) is 5.75 Å². The lowest BCUT2D eigenvalue weighted by Crippen LogP contribution is -2.46. The molecular formula is C24H26N2O6S. The molecule has 0 bridgehead atoms. The first-order valence-corrected chi connectivity index (χ1v) is 11.8. The molecule has 2 amide bonds. The quantitative estimate of drug-likeness (QED) is 0.572. The summed E-state index contributed by atoms with van der Waals surface area (Å²) >= 11 is 1.42. The summed E-state index contributed by atoms with van der Waals surface area (Å²) in [6, 6.07) is 15.4. The summed E-state index contributed by atoms with van der Waals surface area (Å²) in [6.07, 6.45) is -0.553. The maximum Gasteiger partial charge on any atom is 0.407 e. The molecular weight excluding hydrogens is 444 g/mol. The largest absolute Gasteiger partial charge is 0.480 e. The van der Waals surface area contributed by atoms with Crippen LogP contribution < -0.4 is 5.32 Å². The van der Waals surface area contributed by atoms with Crippen molar-refractivity contribution in [3.63, 3.8) is 0 Å². The smallest absolute Gasteiger partial charge is 0.407 e. The maximum absolute atomic E-state index is 12.3. The Kier molecular flexibility index (Phi) is 7.20. The van der Waals surface area contributed by atoms with Gasteiger partial charge in [0.05, 0.1) is 12.0 Å². The standard InChI is InChI=1S/C24H26N2O6S/c1-15-26(21(14-33-15)23(28)29)22(27)13-31-11-10-25-24(30)32-12-20-18-8-4-2-6-16(18)17-7-3-5-9-19(17)20/h2-9,15,20-21H,10-14H2,1H3,(H,25,30)(H,28,29). The molecule has 0 spiro atoms. The number of hydrogen-bond acceptors (Lipinski definition) is 6. The Hall–Kier alpha value is -3.04. The number of ether oxygens (including phenoxy) is 2. The minimum absolute atomic E-state index is 0.0143. The molecule has 1 aliphatic carbocycles. The van der Waals surface area contributed by atoms with Crippen molar-refractivity contribution in [3.8, 4) is 11.1 Å². The van der Waals surface area contributed by atoms with Crippen LogP contribution in [0.3, 0.4) is 0 Å². The average molecular weight is 471 g/mol. The number of nitrogens with zero attached hydrogens (tertiary/aromatic N) is 1. The number of carboxylic acids is 1. The number of aliphatic carboxylic acids is 1. The Balaban J connectivity index is 1.20. The summed E-state index contributed by atoms with van der Waals surface area (Å²) in [5.74, 6) is -1.04. The van der Waals surface area contributed by atoms with Crippen molar-refractivity contribution in [2.75, 3.05) is 32.1 Å². The van der Waals surface area contributed by atoms with E-state index in [1.807, 2.05) is 24.3 Å². The monoisotopic (exact) mass is 470 g/mol. The molecule has 2 aromatic carbocycles. The van der Waals surface area contributed by atoms with Gasteiger partial charge in [-0.1, -0.05) is 48.5 Å². The Morgan fingerprint density at radius 3 is 2.36 bits per heavy atom. The fourth-order valence-corrected chi connectivity index (χ4v) is 5.51. The molecule has 0 aromatic heterocycles. The molecule has 2 atom stereocenters. The van der Waals surface area contributed by atoms with E-state index in [-0.39, 0.29) is 43.6 Å². The zero-order valence-corrected chi connectivity index (χ0v) is 19.0. The van der Waals surface area contributed by atoms with Crippen LogP contribution in [0.1, 0.15) is 24.0 Å². The maximum atomic E-state index is 12.3. The third-order valence-corrected chi connectivity index (χ3v) is 7.10. The minimum Gasteiger partial charge on any atom is -0.480 e. The van der Waals surface area contributed by atoms with Crippen molar-refractivity contribution in [2.45, 2.75) is 24.3 Å². The molecule has 1 saturated heterocycles. The minimum atomic E-state index is -1.02. The first-order chi connectivity index (χ1) is 16.0. The summed E-state index contributed by atoms with van der Waals surface area (Å²) in [5.41, 5.74) is 4.61. The number of carboxylic acid groups (broad SMARTS) is 1. The number of thioether (sulfide) groups is 1. The Morgan fingerprint density at radius 1 is 1.09 bits per heavy atom. The number of nitrogens with one attached hydrogen (secondary N) is 1. The van der Waals surface area contributed by atoms with E-state index in [9.17, 15) is 19.5 Å². The summed E-state index contributed by atoms with van der Waals surface area (Å²) in [7, 11) is 0. The molecule has 0 saturated carbocycles. The van der Waals surface area contributed by atoms with E-state index in [1.165, 1.54) is 16.7 Å². The lowest BCUT2D eigenvalue weighted by atomic mass is 9.98. The van der Waals surface area contributed by atoms with Gasteiger partial charge >= 0.3 is 12.1 Å². The molecule has 2 unspecified atom stereocenters. The van der Waals surface area contributed by atoms with E-state index in [1.54, 1.807) is 6.92 Å². The van der Waals surface area contributed by atoms with Crippen molar-refractivity contribution in [1.29, 1.82) is 0 Å². The number of alkyl carbamates (subject to hydrolysis) is 1. The second-order valence-electron chi connectivity index (χ2n) is 7.89. The van der Waals surface area contributed by atoms with Gasteiger partial charge in [-0.05, 0) is 29.2 Å². The zero-order valence-electron chi connectivity index (χ0n) is 18.2. The molecule has 1 heterocycles. The molecule has 1 aliphatic heterocycles. The van der Waals surface area contributed by atoms with Gasteiger partial charge in [-0.2, -0.15) is 0 Å². The molecule has 0 radical (unpaired) electrons. The third kappa shape index (κ3) is 4.99. The highest BCUT2D eigenvalue weighted by Crippen LogP contribution is 2.44. The van der Waals surface area contributed by atoms with Crippen molar-refractivity contribution in [3.05, 3.63) is 59.7 Å². The van der Waals surface area contributed by atoms with E-state index >= 15 is 0 Å². The highest BCUT2D eigenvalue weighted by molar-refractivity contribution is 8.00. The predicted molar refractivity (Wildman–Crippen MR) is 124 cm³/mol. The zero-order chi connectivity index (χ0) is 23.4. The fourth-order valence-electron chi connectivity index (χ4n) is 4.32. The van der Waals surface area contributed by atoms with Crippen LogP contribution in [-0.4, -0.2) is 71.5 Å². The highest BCUT2D eigenvalue weighted by Gasteiger charge is 2.39. The molecule has 1 fully saturated rings. The molecule has 4 rings (SSSR count). The second kappa shape index (κ2) is 10.3. The van der Waals surface area contributed by atoms with Gasteiger partial charge < -0.3 is 24.8 Å². The van der Waals surface area contributed by atoms with Gasteiger partial charge in [-0.3, -0.25) is 4.79 Å². The topological polar surface area (TPSA) is 105 Å². The number of hydrogen-bond donors (Lipinski definition) is 2. The van der Waals surface area contributed by atoms with E-state index < -0.39 is 18.1 Å². The number of amides is 2. The van der Waals surface area contributed by atoms with Crippen LogP contribution in [0.4, 0.5) is 4.79 Å². The van der Waals surface area contributed by atoms with Gasteiger partial charge in [0.15, 0.2) is 0 Å². The molecule has 174 valence electrons. The second-order valence-corrected chi connectivity index (χ2v) is 9.24. The number of carbonyl (C=O) groups excluding carboxylic acids is 2. The van der Waals surface area contributed by atoms with Gasteiger partial charge in [0.25, 0.3) is 0 Å². The van der Waals surface area contributed by atoms with Crippen LogP contribution in [-0.2, 0) is 19.1 Å². The van der Waals surface area contributed by atoms with Crippen LogP contribution in [0.2, 0.25) is 0 Å². The molecule has 9 heteroatoms. The summed E-state index contributed by atoms with van der Waals surface area (Å²) < 4.78 is 10.8. The van der Waals surface area contributed by atoms with Crippen LogP contribution in [0.15, 0.2) is 48.5 Å². The fraction of sp³-hybridized carbons (Fsp3) is 0.375. The first-order valence-electron chi connectivity index (χ1n) is 10.8. The molecule has 8 nitrogen and oxygen atoms in total. The van der Waals surface area contributed by atoms with Gasteiger partial charge in [0.1, 0.15) is 19.3 Å². The lowest BCUT2D eigenvalue weighted by molar-refractivity contribution is -0.150. The van der Waals surface area contributed by atoms with Crippen LogP contribution in [0.25, 0.3) is 11.1 Å². The average Bonchev–Trinajstić information content (AvgIpc) is 3.35. The van der Waals surface area contributed by atoms with Gasteiger partial charge in [0, 0.05) is 18.2 Å².